The molecule has 2 aromatic heterocycles. The van der Waals surface area contributed by atoms with Crippen molar-refractivity contribution in [2.24, 2.45) is 7.05 Å². The van der Waals surface area contributed by atoms with E-state index in [-0.39, 0.29) is 5.97 Å². The molecular weight excluding hydrogens is 384 g/mol. The molecule has 1 aliphatic heterocycles. The standard InChI is InChI=1S/C22H34N4O4/c1-4-29-13-14-30-12-11-26-10-7-23-21(26)19-5-8-25(9-6-19)17-18-15-20(22(27)28-3)24(2)16-18/h7,10,15-16,19H,4-6,8-9,11-14,17H2,1-3H3. The number of aryl methyl sites for hydroxylation is 1. The second-order valence-electron chi connectivity index (χ2n) is 7.67. The minimum absolute atomic E-state index is 0.295. The molecule has 1 aliphatic rings. The second kappa shape index (κ2) is 11.3. The van der Waals surface area contributed by atoms with E-state index >= 15 is 0 Å². The molecule has 0 unspecified atom stereocenters. The van der Waals surface area contributed by atoms with E-state index in [0.29, 0.717) is 31.4 Å². The highest BCUT2D eigenvalue weighted by Crippen LogP contribution is 2.28. The molecule has 3 heterocycles. The number of piperidine rings is 1. The van der Waals surface area contributed by atoms with Crippen molar-refractivity contribution in [3.63, 3.8) is 0 Å². The summed E-state index contributed by atoms with van der Waals surface area (Å²) in [6.07, 6.45) is 8.11. The molecule has 8 heteroatoms. The number of imidazole rings is 1. The third-order valence-corrected chi connectivity index (χ3v) is 5.62. The number of hydrogen-bond acceptors (Lipinski definition) is 6. The summed E-state index contributed by atoms with van der Waals surface area (Å²) in [5, 5.41) is 0. The Bertz CT molecular complexity index is 793. The van der Waals surface area contributed by atoms with Crippen LogP contribution in [0.3, 0.4) is 0 Å². The van der Waals surface area contributed by atoms with Crippen LogP contribution in [0, 0.1) is 0 Å². The fraction of sp³-hybridized carbons (Fsp3) is 0.636. The van der Waals surface area contributed by atoms with Gasteiger partial charge in [0.1, 0.15) is 11.5 Å². The van der Waals surface area contributed by atoms with Crippen molar-refractivity contribution in [1.29, 1.82) is 0 Å². The van der Waals surface area contributed by atoms with E-state index in [0.717, 1.165) is 57.0 Å². The molecule has 0 aliphatic carbocycles. The van der Waals surface area contributed by atoms with Crippen LogP contribution in [0.15, 0.2) is 24.7 Å². The van der Waals surface area contributed by atoms with Gasteiger partial charge < -0.3 is 23.3 Å². The summed E-state index contributed by atoms with van der Waals surface area (Å²) in [7, 11) is 3.29. The Morgan fingerprint density at radius 3 is 2.70 bits per heavy atom. The van der Waals surface area contributed by atoms with Gasteiger partial charge in [-0.05, 0) is 44.5 Å². The Labute approximate surface area is 178 Å². The SMILES string of the molecule is CCOCCOCCn1ccnc1C1CCN(Cc2cc(C(=O)OC)n(C)c2)CC1. The summed E-state index contributed by atoms with van der Waals surface area (Å²) >= 11 is 0. The van der Waals surface area contributed by atoms with Crippen molar-refractivity contribution in [3.05, 3.63) is 41.7 Å². The van der Waals surface area contributed by atoms with Gasteiger partial charge in [0.25, 0.3) is 0 Å². The maximum Gasteiger partial charge on any atom is 0.354 e. The van der Waals surface area contributed by atoms with Crippen LogP contribution in [-0.4, -0.2) is 71.6 Å². The lowest BCUT2D eigenvalue weighted by Crippen LogP contribution is -2.33. The van der Waals surface area contributed by atoms with Crippen molar-refractivity contribution < 1.29 is 19.0 Å². The molecule has 1 saturated heterocycles. The molecule has 0 amide bonds. The molecule has 0 aromatic carbocycles. The molecule has 0 atom stereocenters. The van der Waals surface area contributed by atoms with Gasteiger partial charge in [0.2, 0.25) is 0 Å². The molecule has 30 heavy (non-hydrogen) atoms. The summed E-state index contributed by atoms with van der Waals surface area (Å²) in [6, 6.07) is 1.93. The summed E-state index contributed by atoms with van der Waals surface area (Å²) in [5.74, 6) is 1.34. The Hall–Kier alpha value is -2.16. The zero-order valence-electron chi connectivity index (χ0n) is 18.4. The second-order valence-corrected chi connectivity index (χ2v) is 7.67. The van der Waals surface area contributed by atoms with E-state index in [1.165, 1.54) is 7.11 Å². The van der Waals surface area contributed by atoms with Crippen LogP contribution in [0.2, 0.25) is 0 Å². The number of likely N-dealkylation sites (tertiary alicyclic amines) is 1. The first-order chi connectivity index (χ1) is 14.6. The smallest absolute Gasteiger partial charge is 0.354 e. The molecule has 0 bridgehead atoms. The van der Waals surface area contributed by atoms with Crippen LogP contribution in [0.4, 0.5) is 0 Å². The van der Waals surface area contributed by atoms with Crippen molar-refractivity contribution in [3.8, 4) is 0 Å². The van der Waals surface area contributed by atoms with E-state index in [4.69, 9.17) is 14.2 Å². The predicted octanol–water partition coefficient (Wildman–Crippen LogP) is 2.44. The Morgan fingerprint density at radius 1 is 1.20 bits per heavy atom. The van der Waals surface area contributed by atoms with E-state index < -0.39 is 0 Å². The Kier molecular flexibility index (Phi) is 8.48. The molecule has 0 N–H and O–H groups in total. The molecular formula is C22H34N4O4. The van der Waals surface area contributed by atoms with Crippen LogP contribution in [0.1, 0.15) is 47.6 Å². The fourth-order valence-corrected chi connectivity index (χ4v) is 4.03. The number of aromatic nitrogens is 3. The normalized spacial score (nSPS) is 15.6. The van der Waals surface area contributed by atoms with Crippen LogP contribution < -0.4 is 0 Å². The van der Waals surface area contributed by atoms with E-state index in [9.17, 15) is 4.79 Å². The number of rotatable bonds is 11. The van der Waals surface area contributed by atoms with Gasteiger partial charge in [0.05, 0.1) is 26.9 Å². The lowest BCUT2D eigenvalue weighted by molar-refractivity contribution is 0.0493. The van der Waals surface area contributed by atoms with Crippen LogP contribution in [0.25, 0.3) is 0 Å². The van der Waals surface area contributed by atoms with E-state index in [1.54, 1.807) is 0 Å². The molecule has 0 saturated carbocycles. The zero-order valence-corrected chi connectivity index (χ0v) is 18.4. The average molecular weight is 419 g/mol. The summed E-state index contributed by atoms with van der Waals surface area (Å²) in [5.41, 5.74) is 1.73. The van der Waals surface area contributed by atoms with Gasteiger partial charge in [-0.1, -0.05) is 0 Å². The number of esters is 1. The monoisotopic (exact) mass is 418 g/mol. The third kappa shape index (κ3) is 5.93. The highest BCUT2D eigenvalue weighted by atomic mass is 16.5. The van der Waals surface area contributed by atoms with Gasteiger partial charge in [-0.15, -0.1) is 0 Å². The van der Waals surface area contributed by atoms with Crippen LogP contribution >= 0.6 is 0 Å². The highest BCUT2D eigenvalue weighted by Gasteiger charge is 2.24. The average Bonchev–Trinajstić information content (AvgIpc) is 3.37. The first-order valence-corrected chi connectivity index (χ1v) is 10.7. The van der Waals surface area contributed by atoms with E-state index in [2.05, 4.69) is 14.5 Å². The number of ether oxygens (including phenoxy) is 3. The predicted molar refractivity (Wildman–Crippen MR) is 114 cm³/mol. The third-order valence-electron chi connectivity index (χ3n) is 5.62. The summed E-state index contributed by atoms with van der Waals surface area (Å²) in [6.45, 7) is 8.37. The number of methoxy groups -OCH3 is 1. The van der Waals surface area contributed by atoms with Gasteiger partial charge in [0, 0.05) is 51.3 Å². The first-order valence-electron chi connectivity index (χ1n) is 10.7. The minimum Gasteiger partial charge on any atom is -0.464 e. The molecule has 3 rings (SSSR count). The number of nitrogens with zero attached hydrogens (tertiary/aromatic N) is 4. The summed E-state index contributed by atoms with van der Waals surface area (Å²) in [4.78, 5) is 18.9. The maximum atomic E-state index is 11.8. The highest BCUT2D eigenvalue weighted by molar-refractivity contribution is 5.87. The molecule has 2 aromatic rings. The molecule has 8 nitrogen and oxygen atoms in total. The maximum absolute atomic E-state index is 11.8. The van der Waals surface area contributed by atoms with Gasteiger partial charge in [-0.2, -0.15) is 0 Å². The zero-order chi connectivity index (χ0) is 21.3. The number of carbonyl (C=O) groups excluding carboxylic acids is 1. The summed E-state index contributed by atoms with van der Waals surface area (Å²) < 4.78 is 19.8. The molecule has 1 fully saturated rings. The van der Waals surface area contributed by atoms with Gasteiger partial charge in [0.15, 0.2) is 0 Å². The lowest BCUT2D eigenvalue weighted by atomic mass is 9.95. The fourth-order valence-electron chi connectivity index (χ4n) is 4.03. The Morgan fingerprint density at radius 2 is 1.97 bits per heavy atom. The largest absolute Gasteiger partial charge is 0.464 e. The first kappa shape index (κ1) is 22.5. The van der Waals surface area contributed by atoms with Crippen molar-refractivity contribution in [2.75, 3.05) is 46.6 Å². The van der Waals surface area contributed by atoms with Crippen LogP contribution in [0.5, 0.6) is 0 Å². The quantitative estimate of drug-likeness (QED) is 0.412. The van der Waals surface area contributed by atoms with E-state index in [1.807, 2.05) is 43.2 Å². The van der Waals surface area contributed by atoms with Crippen molar-refractivity contribution in [2.45, 2.75) is 38.8 Å². The number of hydrogen-bond donors (Lipinski definition) is 0. The topological polar surface area (TPSA) is 70.8 Å². The van der Waals surface area contributed by atoms with Gasteiger partial charge in [-0.3, -0.25) is 4.90 Å². The number of carbonyl (C=O) groups is 1. The lowest BCUT2D eigenvalue weighted by Gasteiger charge is -2.31. The molecule has 0 radical (unpaired) electrons. The van der Waals surface area contributed by atoms with Crippen molar-refractivity contribution >= 4 is 5.97 Å². The van der Waals surface area contributed by atoms with Crippen LogP contribution in [-0.2, 0) is 34.3 Å². The van der Waals surface area contributed by atoms with Gasteiger partial charge in [-0.25, -0.2) is 9.78 Å². The molecule has 166 valence electrons. The van der Waals surface area contributed by atoms with Gasteiger partial charge >= 0.3 is 5.97 Å². The van der Waals surface area contributed by atoms with Crippen molar-refractivity contribution in [1.82, 2.24) is 19.0 Å². The minimum atomic E-state index is -0.295. The molecule has 0 spiro atoms. The Balaban J connectivity index is 1.46.